The Morgan fingerprint density at radius 2 is 1.71 bits per heavy atom. The Morgan fingerprint density at radius 3 is 2.32 bits per heavy atom. The molecule has 0 saturated heterocycles. The third kappa shape index (κ3) is 5.10. The predicted octanol–water partition coefficient (Wildman–Crippen LogP) is 7.55. The smallest absolute Gasteiger partial charge is 0.400 e. The number of nitrogens with zero attached hydrogens (tertiary/aromatic N) is 1. The zero-order valence-electron chi connectivity index (χ0n) is 17.6. The summed E-state index contributed by atoms with van der Waals surface area (Å²) in [6.45, 7) is 2.16. The molecule has 2 aromatic rings. The van der Waals surface area contributed by atoms with Gasteiger partial charge in [0.25, 0.3) is 0 Å². The molecule has 31 heavy (non-hydrogen) atoms. The summed E-state index contributed by atoms with van der Waals surface area (Å²) in [5, 5.41) is 0. The summed E-state index contributed by atoms with van der Waals surface area (Å²) in [7, 11) is 0. The van der Waals surface area contributed by atoms with Gasteiger partial charge in [0.1, 0.15) is 5.75 Å². The fraction of sp³-hybridized carbons (Fsp3) is 0.480. The van der Waals surface area contributed by atoms with Gasteiger partial charge in [-0.3, -0.25) is 4.98 Å². The molecule has 1 saturated carbocycles. The van der Waals surface area contributed by atoms with E-state index in [1.54, 1.807) is 0 Å². The predicted molar refractivity (Wildman–Crippen MR) is 112 cm³/mol. The number of ether oxygens (including phenoxy) is 1. The second-order valence-electron chi connectivity index (χ2n) is 8.87. The van der Waals surface area contributed by atoms with E-state index in [0.29, 0.717) is 35.9 Å². The van der Waals surface area contributed by atoms with Crippen molar-refractivity contribution < 1.29 is 22.3 Å². The second-order valence-corrected chi connectivity index (χ2v) is 8.87. The Kier molecular flexibility index (Phi) is 6.35. The second kappa shape index (κ2) is 9.01. The van der Waals surface area contributed by atoms with E-state index in [0.717, 1.165) is 37.8 Å². The topological polar surface area (TPSA) is 22.1 Å². The van der Waals surface area contributed by atoms with E-state index in [1.165, 1.54) is 36.4 Å². The summed E-state index contributed by atoms with van der Waals surface area (Å²) in [6, 6.07) is 6.27. The SMILES string of the molecule is CC1=CCC(C2CCC(C(F)(F)Oc3ccc(-c4ccc(F)c(F)c4)nc3)CC2)CC1. The zero-order valence-corrected chi connectivity index (χ0v) is 17.6. The lowest BCUT2D eigenvalue weighted by atomic mass is 9.71. The number of aromatic nitrogens is 1. The van der Waals surface area contributed by atoms with E-state index in [2.05, 4.69) is 18.0 Å². The van der Waals surface area contributed by atoms with Crippen molar-refractivity contribution >= 4 is 0 Å². The number of pyridine rings is 1. The van der Waals surface area contributed by atoms with Gasteiger partial charge in [0.2, 0.25) is 0 Å². The van der Waals surface area contributed by atoms with Crippen LogP contribution in [0.15, 0.2) is 48.2 Å². The van der Waals surface area contributed by atoms with Gasteiger partial charge < -0.3 is 4.74 Å². The molecule has 0 N–H and O–H groups in total. The van der Waals surface area contributed by atoms with Crippen LogP contribution in [0, 0.1) is 29.4 Å². The van der Waals surface area contributed by atoms with Crippen molar-refractivity contribution in [2.45, 2.75) is 58.0 Å². The van der Waals surface area contributed by atoms with Crippen LogP contribution in [-0.2, 0) is 0 Å². The van der Waals surface area contributed by atoms with E-state index in [9.17, 15) is 17.6 Å². The van der Waals surface area contributed by atoms with Crippen molar-refractivity contribution in [1.29, 1.82) is 0 Å². The maximum absolute atomic E-state index is 14.8. The summed E-state index contributed by atoms with van der Waals surface area (Å²) in [5.41, 5.74) is 2.16. The Hall–Kier alpha value is -2.37. The number of allylic oxidation sites excluding steroid dienone is 2. The molecule has 1 heterocycles. The van der Waals surface area contributed by atoms with Crippen molar-refractivity contribution in [2.24, 2.45) is 17.8 Å². The third-order valence-electron chi connectivity index (χ3n) is 6.80. The molecule has 0 amide bonds. The van der Waals surface area contributed by atoms with Crippen molar-refractivity contribution in [2.75, 3.05) is 0 Å². The summed E-state index contributed by atoms with van der Waals surface area (Å²) in [5.74, 6) is -1.64. The molecule has 2 aliphatic carbocycles. The number of rotatable bonds is 5. The van der Waals surface area contributed by atoms with Crippen LogP contribution >= 0.6 is 0 Å². The molecule has 0 spiro atoms. The molecule has 1 aromatic heterocycles. The van der Waals surface area contributed by atoms with Gasteiger partial charge >= 0.3 is 6.11 Å². The van der Waals surface area contributed by atoms with Gasteiger partial charge in [-0.15, -0.1) is 0 Å². The summed E-state index contributed by atoms with van der Waals surface area (Å²) >= 11 is 0. The minimum atomic E-state index is -3.26. The van der Waals surface area contributed by atoms with Gasteiger partial charge in [0.15, 0.2) is 11.6 Å². The molecular weight excluding hydrogens is 406 g/mol. The first kappa shape index (κ1) is 21.8. The Morgan fingerprint density at radius 1 is 0.935 bits per heavy atom. The first-order chi connectivity index (χ1) is 14.8. The van der Waals surface area contributed by atoms with Gasteiger partial charge in [-0.2, -0.15) is 8.78 Å². The summed E-state index contributed by atoms with van der Waals surface area (Å²) in [4.78, 5) is 4.08. The molecule has 1 atom stereocenters. The maximum Gasteiger partial charge on any atom is 0.400 e. The largest absolute Gasteiger partial charge is 0.431 e. The molecule has 6 heteroatoms. The monoisotopic (exact) mass is 433 g/mol. The standard InChI is InChI=1S/C25H27F4NO/c1-16-2-4-17(5-3-16)18-6-9-20(10-7-18)25(28,29)31-21-11-13-24(30-15-21)19-8-12-22(26)23(27)14-19/h2,8,11-15,17-18,20H,3-7,9-10H2,1H3. The molecule has 166 valence electrons. The van der Waals surface area contributed by atoms with Crippen LogP contribution in [0.25, 0.3) is 11.3 Å². The molecule has 0 aliphatic heterocycles. The van der Waals surface area contributed by atoms with Crippen LogP contribution < -0.4 is 4.74 Å². The summed E-state index contributed by atoms with van der Waals surface area (Å²) < 4.78 is 61.1. The van der Waals surface area contributed by atoms with E-state index in [4.69, 9.17) is 4.74 Å². The highest BCUT2D eigenvalue weighted by Crippen LogP contribution is 2.44. The van der Waals surface area contributed by atoms with Crippen molar-refractivity contribution in [3.63, 3.8) is 0 Å². The lowest BCUT2D eigenvalue weighted by molar-refractivity contribution is -0.224. The zero-order chi connectivity index (χ0) is 22.0. The molecule has 0 radical (unpaired) electrons. The van der Waals surface area contributed by atoms with E-state index >= 15 is 0 Å². The molecule has 1 unspecified atom stereocenters. The van der Waals surface area contributed by atoms with Crippen LogP contribution in [0.4, 0.5) is 17.6 Å². The Balaban J connectivity index is 1.35. The Labute approximate surface area is 180 Å². The van der Waals surface area contributed by atoms with E-state index in [-0.39, 0.29) is 5.75 Å². The average molecular weight is 433 g/mol. The highest BCUT2D eigenvalue weighted by atomic mass is 19.3. The number of halogens is 4. The van der Waals surface area contributed by atoms with Gasteiger partial charge in [0.05, 0.1) is 17.8 Å². The molecule has 2 nitrogen and oxygen atoms in total. The van der Waals surface area contributed by atoms with Crippen LogP contribution in [0.2, 0.25) is 0 Å². The number of hydrogen-bond donors (Lipinski definition) is 0. The molecule has 1 aromatic carbocycles. The highest BCUT2D eigenvalue weighted by Gasteiger charge is 2.44. The van der Waals surface area contributed by atoms with Crippen LogP contribution in [-0.4, -0.2) is 11.1 Å². The minimum absolute atomic E-state index is 0.0358. The quantitative estimate of drug-likeness (QED) is 0.359. The number of benzene rings is 1. The van der Waals surface area contributed by atoms with Crippen molar-refractivity contribution in [3.05, 3.63) is 59.8 Å². The minimum Gasteiger partial charge on any atom is -0.431 e. The first-order valence-electron chi connectivity index (χ1n) is 11.0. The third-order valence-corrected chi connectivity index (χ3v) is 6.80. The van der Waals surface area contributed by atoms with Crippen molar-refractivity contribution in [1.82, 2.24) is 4.98 Å². The average Bonchev–Trinajstić information content (AvgIpc) is 2.77. The van der Waals surface area contributed by atoms with Gasteiger partial charge in [-0.25, -0.2) is 8.78 Å². The fourth-order valence-corrected chi connectivity index (χ4v) is 4.85. The molecule has 2 aliphatic rings. The van der Waals surface area contributed by atoms with Gasteiger partial charge in [-0.05, 0) is 94.0 Å². The molecule has 4 rings (SSSR count). The first-order valence-corrected chi connectivity index (χ1v) is 11.0. The van der Waals surface area contributed by atoms with Gasteiger partial charge in [0, 0.05) is 5.56 Å². The maximum atomic E-state index is 14.8. The molecule has 0 bridgehead atoms. The number of hydrogen-bond acceptors (Lipinski definition) is 2. The van der Waals surface area contributed by atoms with E-state index < -0.39 is 23.7 Å². The Bertz CT molecular complexity index is 933. The van der Waals surface area contributed by atoms with E-state index in [1.807, 2.05) is 0 Å². The normalized spacial score (nSPS) is 24.5. The molecule has 1 fully saturated rings. The van der Waals surface area contributed by atoms with Crippen LogP contribution in [0.1, 0.15) is 51.9 Å². The number of alkyl halides is 2. The summed E-state index contributed by atoms with van der Waals surface area (Å²) in [6.07, 6.45) is 6.14. The highest BCUT2D eigenvalue weighted by molar-refractivity contribution is 5.59. The lowest BCUT2D eigenvalue weighted by Gasteiger charge is -2.37. The van der Waals surface area contributed by atoms with Crippen molar-refractivity contribution in [3.8, 4) is 17.0 Å². The molecular formula is C25H27F4NO. The fourth-order valence-electron chi connectivity index (χ4n) is 4.85. The van der Waals surface area contributed by atoms with Crippen LogP contribution in [0.3, 0.4) is 0 Å². The lowest BCUT2D eigenvalue weighted by Crippen LogP contribution is -2.38. The van der Waals surface area contributed by atoms with Crippen LogP contribution in [0.5, 0.6) is 5.75 Å². The van der Waals surface area contributed by atoms with Gasteiger partial charge in [-0.1, -0.05) is 11.6 Å².